The van der Waals surface area contributed by atoms with Crippen LogP contribution in [0.25, 0.3) is 6.08 Å². The third kappa shape index (κ3) is 4.46. The Morgan fingerprint density at radius 1 is 1.25 bits per heavy atom. The van der Waals surface area contributed by atoms with Gasteiger partial charge >= 0.3 is 0 Å². The molecule has 1 heterocycles. The summed E-state index contributed by atoms with van der Waals surface area (Å²) in [4.78, 5) is 26.7. The van der Waals surface area contributed by atoms with E-state index in [0.29, 0.717) is 28.4 Å². The third-order valence-electron chi connectivity index (χ3n) is 4.06. The number of thioether (sulfide) groups is 1. The number of nitrogens with zero attached hydrogens (tertiary/aromatic N) is 2. The van der Waals surface area contributed by atoms with Gasteiger partial charge in [-0.25, -0.2) is 0 Å². The third-order valence-corrected chi connectivity index (χ3v) is 5.46. The summed E-state index contributed by atoms with van der Waals surface area (Å²) in [6.07, 6.45) is 2.54. The molecule has 0 atom stereocenters. The molecule has 0 saturated carbocycles. The van der Waals surface area contributed by atoms with Gasteiger partial charge < -0.3 is 4.74 Å². The lowest BCUT2D eigenvalue weighted by atomic mass is 10.1. The zero-order valence-corrected chi connectivity index (χ0v) is 17.5. The number of rotatable bonds is 6. The number of ether oxygens (including phenoxy) is 1. The molecule has 2 aromatic rings. The Morgan fingerprint density at radius 2 is 2.04 bits per heavy atom. The second-order valence-corrected chi connectivity index (χ2v) is 7.98. The van der Waals surface area contributed by atoms with Crippen LogP contribution in [0.2, 0.25) is 0 Å². The van der Waals surface area contributed by atoms with E-state index in [1.54, 1.807) is 30.3 Å². The molecule has 5 nitrogen and oxygen atoms in total. The molecular weight excluding hydrogens is 440 g/mol. The molecule has 7 heteroatoms. The molecule has 3 rings (SSSR count). The summed E-state index contributed by atoms with van der Waals surface area (Å²) >= 11 is 4.32. The van der Waals surface area contributed by atoms with Gasteiger partial charge in [0, 0.05) is 10.0 Å². The fraction of sp³-hybridized carbons (Fsp3) is 0.190. The van der Waals surface area contributed by atoms with E-state index in [9.17, 15) is 14.9 Å². The van der Waals surface area contributed by atoms with E-state index < -0.39 is 0 Å². The molecule has 1 fully saturated rings. The molecule has 2 amide bonds. The Labute approximate surface area is 176 Å². The van der Waals surface area contributed by atoms with Crippen LogP contribution in [0.1, 0.15) is 30.0 Å². The van der Waals surface area contributed by atoms with E-state index in [0.717, 1.165) is 33.1 Å². The van der Waals surface area contributed by atoms with Gasteiger partial charge in [0.1, 0.15) is 5.75 Å². The fourth-order valence-electron chi connectivity index (χ4n) is 2.69. The zero-order valence-electron chi connectivity index (χ0n) is 15.1. The van der Waals surface area contributed by atoms with Crippen molar-refractivity contribution in [1.82, 2.24) is 4.90 Å². The topological polar surface area (TPSA) is 70.4 Å². The number of carbonyl (C=O) groups is 2. The first-order valence-corrected chi connectivity index (χ1v) is 10.3. The second kappa shape index (κ2) is 9.09. The van der Waals surface area contributed by atoms with Crippen molar-refractivity contribution in [3.05, 3.63) is 68.5 Å². The molecule has 1 saturated heterocycles. The lowest BCUT2D eigenvalue weighted by molar-refractivity contribution is -0.123. The van der Waals surface area contributed by atoms with Crippen molar-refractivity contribution in [1.29, 1.82) is 5.26 Å². The second-order valence-electron chi connectivity index (χ2n) is 6.07. The van der Waals surface area contributed by atoms with Crippen LogP contribution in [0, 0.1) is 11.3 Å². The molecule has 0 unspecified atom stereocenters. The molecule has 0 aliphatic carbocycles. The smallest absolute Gasteiger partial charge is 0.293 e. The highest BCUT2D eigenvalue weighted by atomic mass is 79.9. The van der Waals surface area contributed by atoms with Crippen molar-refractivity contribution in [2.45, 2.75) is 19.9 Å². The van der Waals surface area contributed by atoms with E-state index in [1.807, 2.05) is 25.1 Å². The highest BCUT2D eigenvalue weighted by Crippen LogP contribution is 2.36. The van der Waals surface area contributed by atoms with Gasteiger partial charge in [0.05, 0.1) is 29.7 Å². The molecule has 2 aromatic carbocycles. The van der Waals surface area contributed by atoms with E-state index in [4.69, 9.17) is 4.74 Å². The largest absolute Gasteiger partial charge is 0.493 e. The SMILES string of the molecule is CCCOc1ccc(Br)cc1/C=C1/SC(=O)N(Cc2ccccc2C#N)C1=O. The Kier molecular flexibility index (Phi) is 6.55. The maximum absolute atomic E-state index is 12.8. The van der Waals surface area contributed by atoms with E-state index in [1.165, 1.54) is 0 Å². The van der Waals surface area contributed by atoms with Gasteiger partial charge in [0.2, 0.25) is 0 Å². The normalized spacial score (nSPS) is 15.2. The summed E-state index contributed by atoms with van der Waals surface area (Å²) < 4.78 is 6.60. The number of nitriles is 1. The summed E-state index contributed by atoms with van der Waals surface area (Å²) in [5, 5.41) is 8.87. The quantitative estimate of drug-likeness (QED) is 0.548. The molecule has 0 bridgehead atoms. The van der Waals surface area contributed by atoms with Crippen LogP contribution in [-0.2, 0) is 11.3 Å². The Balaban J connectivity index is 1.88. The van der Waals surface area contributed by atoms with Crippen LogP contribution in [0.4, 0.5) is 4.79 Å². The van der Waals surface area contributed by atoms with Crippen molar-refractivity contribution in [2.75, 3.05) is 6.61 Å². The minimum atomic E-state index is -0.371. The lowest BCUT2D eigenvalue weighted by Crippen LogP contribution is -2.27. The summed E-state index contributed by atoms with van der Waals surface area (Å²) in [6.45, 7) is 2.65. The van der Waals surface area contributed by atoms with Gasteiger partial charge in [0.25, 0.3) is 11.1 Å². The molecule has 0 aromatic heterocycles. The van der Waals surface area contributed by atoms with Crippen molar-refractivity contribution >= 4 is 44.9 Å². The number of imide groups is 1. The predicted octanol–water partition coefficient (Wildman–Crippen LogP) is 5.35. The number of carbonyl (C=O) groups excluding carboxylic acids is 2. The number of hydrogen-bond donors (Lipinski definition) is 0. The van der Waals surface area contributed by atoms with E-state index in [2.05, 4.69) is 22.0 Å². The van der Waals surface area contributed by atoms with Gasteiger partial charge in [-0.15, -0.1) is 0 Å². The Bertz CT molecular complexity index is 997. The van der Waals surface area contributed by atoms with Gasteiger partial charge in [0.15, 0.2) is 0 Å². The molecule has 0 spiro atoms. The first-order chi connectivity index (χ1) is 13.5. The number of amides is 2. The Morgan fingerprint density at radius 3 is 2.79 bits per heavy atom. The van der Waals surface area contributed by atoms with E-state index >= 15 is 0 Å². The molecule has 0 radical (unpaired) electrons. The standard InChI is InChI=1S/C21H17BrN2O3S/c1-2-9-27-18-8-7-17(22)10-16(18)11-19-20(25)24(21(26)28-19)13-15-6-4-3-5-14(15)12-23/h3-8,10-11H,2,9,13H2,1H3/b19-11+. The summed E-state index contributed by atoms with van der Waals surface area (Å²) in [6, 6.07) is 14.6. The molecule has 1 aliphatic rings. The summed E-state index contributed by atoms with van der Waals surface area (Å²) in [5.41, 5.74) is 1.82. The van der Waals surface area contributed by atoms with Crippen molar-refractivity contribution < 1.29 is 14.3 Å². The van der Waals surface area contributed by atoms with Crippen LogP contribution in [0.3, 0.4) is 0 Å². The molecule has 142 valence electrons. The monoisotopic (exact) mass is 456 g/mol. The molecular formula is C21H17BrN2O3S. The number of benzene rings is 2. The summed E-state index contributed by atoms with van der Waals surface area (Å²) in [7, 11) is 0. The maximum Gasteiger partial charge on any atom is 0.293 e. The molecule has 0 N–H and O–H groups in total. The summed E-state index contributed by atoms with van der Waals surface area (Å²) in [5.74, 6) is 0.288. The molecule has 28 heavy (non-hydrogen) atoms. The average Bonchev–Trinajstić information content (AvgIpc) is 2.95. The van der Waals surface area contributed by atoms with Crippen molar-refractivity contribution in [3.8, 4) is 11.8 Å². The van der Waals surface area contributed by atoms with Crippen LogP contribution < -0.4 is 4.74 Å². The van der Waals surface area contributed by atoms with Crippen LogP contribution in [-0.4, -0.2) is 22.7 Å². The minimum Gasteiger partial charge on any atom is -0.493 e. The highest BCUT2D eigenvalue weighted by Gasteiger charge is 2.35. The van der Waals surface area contributed by atoms with Gasteiger partial charge in [-0.3, -0.25) is 14.5 Å². The van der Waals surface area contributed by atoms with Crippen molar-refractivity contribution in [2.24, 2.45) is 0 Å². The first kappa shape index (κ1) is 20.2. The zero-order chi connectivity index (χ0) is 20.1. The van der Waals surface area contributed by atoms with Gasteiger partial charge in [-0.2, -0.15) is 5.26 Å². The number of hydrogen-bond acceptors (Lipinski definition) is 5. The van der Waals surface area contributed by atoms with E-state index in [-0.39, 0.29) is 17.7 Å². The lowest BCUT2D eigenvalue weighted by Gasteiger charge is -2.13. The van der Waals surface area contributed by atoms with Gasteiger partial charge in [-0.1, -0.05) is 41.1 Å². The minimum absolute atomic E-state index is 0.0728. The Hall–Kier alpha value is -2.56. The highest BCUT2D eigenvalue weighted by molar-refractivity contribution is 9.10. The average molecular weight is 457 g/mol. The fourth-order valence-corrected chi connectivity index (χ4v) is 3.90. The van der Waals surface area contributed by atoms with Gasteiger partial charge in [-0.05, 0) is 54.1 Å². The van der Waals surface area contributed by atoms with Crippen LogP contribution >= 0.6 is 27.7 Å². The maximum atomic E-state index is 12.8. The molecule has 1 aliphatic heterocycles. The van der Waals surface area contributed by atoms with Crippen molar-refractivity contribution in [3.63, 3.8) is 0 Å². The van der Waals surface area contributed by atoms with Crippen LogP contribution in [0.15, 0.2) is 51.8 Å². The predicted molar refractivity (Wildman–Crippen MR) is 113 cm³/mol. The number of halogens is 1. The van der Waals surface area contributed by atoms with Crippen LogP contribution in [0.5, 0.6) is 5.75 Å². The first-order valence-electron chi connectivity index (χ1n) is 8.69.